The number of ketones is 1. The van der Waals surface area contributed by atoms with Crippen LogP contribution in [0.5, 0.6) is 0 Å². The number of rotatable bonds is 7. The Bertz CT molecular complexity index is 1600. The van der Waals surface area contributed by atoms with Gasteiger partial charge in [0, 0.05) is 30.8 Å². The first-order valence-corrected chi connectivity index (χ1v) is 13.3. The lowest BCUT2D eigenvalue weighted by Gasteiger charge is -2.21. The van der Waals surface area contributed by atoms with Crippen LogP contribution in [0.3, 0.4) is 0 Å². The molecule has 0 bridgehead atoms. The zero-order valence-electron chi connectivity index (χ0n) is 19.9. The van der Waals surface area contributed by atoms with Crippen molar-refractivity contribution in [3.8, 4) is 11.3 Å². The van der Waals surface area contributed by atoms with E-state index in [2.05, 4.69) is 4.98 Å². The zero-order chi connectivity index (χ0) is 27.1. The highest BCUT2D eigenvalue weighted by Gasteiger charge is 2.40. The first-order valence-electron chi connectivity index (χ1n) is 11.9. The van der Waals surface area contributed by atoms with Crippen LogP contribution < -0.4 is 0 Å². The molecule has 6 nitrogen and oxygen atoms in total. The number of fused-ring (bicyclic) bond motifs is 1. The average Bonchev–Trinajstić information content (AvgIpc) is 3.56. The quantitative estimate of drug-likeness (QED) is 0.265. The fourth-order valence-electron chi connectivity index (χ4n) is 4.65. The third kappa shape index (κ3) is 5.08. The van der Waals surface area contributed by atoms with Gasteiger partial charge >= 0.3 is 6.18 Å². The molecule has 0 radical (unpaired) electrons. The largest absolute Gasteiger partial charge is 0.443 e. The molecule has 2 aromatic carbocycles. The highest BCUT2D eigenvalue weighted by atomic mass is 32.2. The second kappa shape index (κ2) is 9.95. The molecule has 1 aliphatic heterocycles. The number of nitrogens with zero attached hydrogens (tertiary/aromatic N) is 2. The molecule has 1 atom stereocenters. The van der Waals surface area contributed by atoms with Crippen LogP contribution in [0.25, 0.3) is 22.2 Å². The molecule has 0 amide bonds. The lowest BCUT2D eigenvalue weighted by atomic mass is 10.0. The molecular weight excluding hydrogens is 524 g/mol. The molecule has 1 unspecified atom stereocenters. The van der Waals surface area contributed by atoms with Crippen LogP contribution in [-0.4, -0.2) is 36.1 Å². The number of aromatic nitrogens is 1. The number of hydrogen-bond acceptors (Lipinski definition) is 5. The van der Waals surface area contributed by atoms with E-state index in [9.17, 15) is 30.8 Å². The second-order valence-corrected chi connectivity index (χ2v) is 10.9. The molecule has 0 aliphatic carbocycles. The van der Waals surface area contributed by atoms with Crippen LogP contribution in [0.15, 0.2) is 76.4 Å². The van der Waals surface area contributed by atoms with E-state index in [1.165, 1.54) is 36.5 Å². The number of furan rings is 1. The van der Waals surface area contributed by atoms with Gasteiger partial charge in [-0.05, 0) is 61.2 Å². The average molecular weight is 547 g/mol. The number of hydrogen-bond donors (Lipinski definition) is 0. The van der Waals surface area contributed by atoms with Gasteiger partial charge in [-0.15, -0.1) is 0 Å². The van der Waals surface area contributed by atoms with Gasteiger partial charge in [0.15, 0.2) is 5.78 Å². The van der Waals surface area contributed by atoms with Crippen LogP contribution >= 0.6 is 0 Å². The number of sulfonamides is 1. The fraction of sp³-hybridized carbons (Fsp3) is 0.259. The molecule has 4 aromatic rings. The molecular formula is C27H22F4N2O4S. The van der Waals surface area contributed by atoms with Crippen molar-refractivity contribution < 1.29 is 35.2 Å². The molecule has 0 N–H and O–H groups in total. The predicted octanol–water partition coefficient (Wildman–Crippen LogP) is 6.01. The van der Waals surface area contributed by atoms with E-state index >= 15 is 0 Å². The molecule has 3 heterocycles. The maximum atomic E-state index is 14.1. The minimum absolute atomic E-state index is 0.0506. The molecule has 1 aliphatic rings. The molecule has 0 saturated carbocycles. The molecule has 0 spiro atoms. The van der Waals surface area contributed by atoms with Gasteiger partial charge in [-0.2, -0.15) is 17.5 Å². The third-order valence-corrected chi connectivity index (χ3v) is 8.38. The number of carbonyl (C=O) groups is 1. The number of pyridine rings is 1. The van der Waals surface area contributed by atoms with Crippen molar-refractivity contribution in [2.45, 2.75) is 43.0 Å². The van der Waals surface area contributed by atoms with Crippen LogP contribution in [0.2, 0.25) is 0 Å². The summed E-state index contributed by atoms with van der Waals surface area (Å²) < 4.78 is 85.7. The molecule has 38 heavy (non-hydrogen) atoms. The van der Waals surface area contributed by atoms with Crippen molar-refractivity contribution in [1.29, 1.82) is 0 Å². The highest BCUT2D eigenvalue weighted by Crippen LogP contribution is 2.33. The summed E-state index contributed by atoms with van der Waals surface area (Å²) >= 11 is 0. The minimum atomic E-state index is -4.43. The molecule has 2 aromatic heterocycles. The summed E-state index contributed by atoms with van der Waals surface area (Å²) in [6, 6.07) is 12.4. The maximum absolute atomic E-state index is 14.1. The van der Waals surface area contributed by atoms with Gasteiger partial charge in [-0.1, -0.05) is 18.2 Å². The summed E-state index contributed by atoms with van der Waals surface area (Å²) in [6.07, 6.45) is -1.70. The Morgan fingerprint density at radius 1 is 1.08 bits per heavy atom. The Morgan fingerprint density at radius 2 is 1.84 bits per heavy atom. The third-order valence-electron chi connectivity index (χ3n) is 6.62. The Hall–Kier alpha value is -3.57. The standard InChI is InChI=1S/C27H22F4N2O4S/c28-21-3-1-5-25-20(21)16-26(37-25)38(35,36)33-14-2-4-23(33)24(34)11-6-17-12-13-32-22(15-17)18-7-9-19(10-8-18)27(29,30)31/h1,3,5,7-10,12-13,15-16,23H,2,4,6,11,14H2. The summed E-state index contributed by atoms with van der Waals surface area (Å²) in [4.78, 5) is 17.3. The smallest absolute Gasteiger partial charge is 0.416 e. The lowest BCUT2D eigenvalue weighted by molar-refractivity contribution is -0.137. The molecule has 1 fully saturated rings. The Morgan fingerprint density at radius 3 is 2.55 bits per heavy atom. The van der Waals surface area contributed by atoms with Gasteiger partial charge in [0.2, 0.25) is 5.09 Å². The number of aryl methyl sites for hydroxylation is 1. The Labute approximate surface area is 215 Å². The van der Waals surface area contributed by atoms with Gasteiger partial charge < -0.3 is 4.42 Å². The van der Waals surface area contributed by atoms with E-state index < -0.39 is 38.7 Å². The fourth-order valence-corrected chi connectivity index (χ4v) is 6.27. The van der Waals surface area contributed by atoms with E-state index in [0.717, 1.165) is 28.1 Å². The number of benzene rings is 2. The van der Waals surface area contributed by atoms with Crippen molar-refractivity contribution in [2.75, 3.05) is 6.54 Å². The Kier molecular flexibility index (Phi) is 6.83. The summed E-state index contributed by atoms with van der Waals surface area (Å²) in [5, 5.41) is -0.359. The van der Waals surface area contributed by atoms with E-state index in [1.807, 2.05) is 0 Å². The first-order chi connectivity index (χ1) is 18.0. The number of halogens is 4. The van der Waals surface area contributed by atoms with Crippen LogP contribution in [0.1, 0.15) is 30.4 Å². The second-order valence-electron chi connectivity index (χ2n) is 9.08. The first kappa shape index (κ1) is 26.1. The van der Waals surface area contributed by atoms with Crippen LogP contribution in [0, 0.1) is 5.82 Å². The summed E-state index contributed by atoms with van der Waals surface area (Å²) in [7, 11) is -4.16. The highest BCUT2D eigenvalue weighted by molar-refractivity contribution is 7.89. The van der Waals surface area contributed by atoms with Gasteiger partial charge in [0.25, 0.3) is 10.0 Å². The monoisotopic (exact) mass is 546 g/mol. The van der Waals surface area contributed by atoms with Crippen LogP contribution in [0.4, 0.5) is 17.6 Å². The molecule has 1 saturated heterocycles. The number of alkyl halides is 3. The van der Waals surface area contributed by atoms with Gasteiger partial charge in [-0.25, -0.2) is 12.8 Å². The van der Waals surface area contributed by atoms with Crippen molar-refractivity contribution in [3.05, 3.63) is 83.8 Å². The molecule has 5 rings (SSSR count). The van der Waals surface area contributed by atoms with E-state index in [4.69, 9.17) is 4.42 Å². The number of Topliss-reactive ketones (excluding diaryl/α,β-unsaturated/α-hetero) is 1. The SMILES string of the molecule is O=C(CCc1ccnc(-c2ccc(C(F)(F)F)cc2)c1)C1CCCN1S(=O)(=O)c1cc2c(F)cccc2o1. The van der Waals surface area contributed by atoms with E-state index in [0.29, 0.717) is 30.5 Å². The Balaban J connectivity index is 1.29. The van der Waals surface area contributed by atoms with Gasteiger partial charge in [0.1, 0.15) is 11.4 Å². The van der Waals surface area contributed by atoms with Gasteiger partial charge in [-0.3, -0.25) is 9.78 Å². The van der Waals surface area contributed by atoms with Crippen molar-refractivity contribution in [1.82, 2.24) is 9.29 Å². The van der Waals surface area contributed by atoms with Crippen molar-refractivity contribution in [3.63, 3.8) is 0 Å². The maximum Gasteiger partial charge on any atom is 0.416 e. The molecule has 198 valence electrons. The molecule has 11 heteroatoms. The summed E-state index contributed by atoms with van der Waals surface area (Å²) in [5.41, 5.74) is 1.05. The predicted molar refractivity (Wildman–Crippen MR) is 131 cm³/mol. The van der Waals surface area contributed by atoms with Gasteiger partial charge in [0.05, 0.1) is 22.7 Å². The number of carbonyl (C=O) groups excluding carboxylic acids is 1. The van der Waals surface area contributed by atoms with E-state index in [1.54, 1.807) is 12.1 Å². The normalized spacial score (nSPS) is 16.8. The van der Waals surface area contributed by atoms with Crippen molar-refractivity contribution in [2.24, 2.45) is 0 Å². The van der Waals surface area contributed by atoms with E-state index in [-0.39, 0.29) is 29.7 Å². The summed E-state index contributed by atoms with van der Waals surface area (Å²) in [5.74, 6) is -0.865. The summed E-state index contributed by atoms with van der Waals surface area (Å²) in [6.45, 7) is 0.144. The lowest BCUT2D eigenvalue weighted by Crippen LogP contribution is -2.40. The minimum Gasteiger partial charge on any atom is -0.443 e. The zero-order valence-corrected chi connectivity index (χ0v) is 20.7. The van der Waals surface area contributed by atoms with Crippen molar-refractivity contribution >= 4 is 26.8 Å². The topological polar surface area (TPSA) is 80.5 Å². The van der Waals surface area contributed by atoms with Crippen LogP contribution in [-0.2, 0) is 27.4 Å².